The Bertz CT molecular complexity index is 562. The first-order valence-corrected chi connectivity index (χ1v) is 6.73. The Morgan fingerprint density at radius 3 is 3.11 bits per heavy atom. The highest BCUT2D eigenvalue weighted by molar-refractivity contribution is 9.10. The van der Waals surface area contributed by atoms with Crippen molar-refractivity contribution in [2.24, 2.45) is 0 Å². The van der Waals surface area contributed by atoms with Crippen LogP contribution in [0.2, 0.25) is 0 Å². The van der Waals surface area contributed by atoms with Crippen molar-refractivity contribution in [3.8, 4) is 0 Å². The van der Waals surface area contributed by atoms with Gasteiger partial charge in [-0.25, -0.2) is 14.6 Å². The summed E-state index contributed by atoms with van der Waals surface area (Å²) in [4.78, 5) is 10.2. The average Bonchev–Trinajstić information content (AvgIpc) is 3.00. The fourth-order valence-corrected chi connectivity index (χ4v) is 2.80. The number of aliphatic hydroxyl groups is 1. The highest BCUT2D eigenvalue weighted by Crippen LogP contribution is 2.30. The van der Waals surface area contributed by atoms with Crippen molar-refractivity contribution in [3.05, 3.63) is 29.4 Å². The van der Waals surface area contributed by atoms with E-state index in [-0.39, 0.29) is 0 Å². The minimum absolute atomic E-state index is 0.437. The Balaban J connectivity index is 1.75. The average molecular weight is 325 g/mol. The predicted octanol–water partition coefficient (Wildman–Crippen LogP) is 0.472. The minimum atomic E-state index is -0.807. The van der Waals surface area contributed by atoms with Crippen LogP contribution in [0.15, 0.2) is 29.4 Å². The van der Waals surface area contributed by atoms with E-state index in [1.165, 1.54) is 6.33 Å². The molecule has 0 aromatic carbocycles. The second-order valence-electron chi connectivity index (χ2n) is 4.69. The summed E-state index contributed by atoms with van der Waals surface area (Å²) in [6, 6.07) is 0. The molecule has 1 fully saturated rings. The van der Waals surface area contributed by atoms with Gasteiger partial charge in [-0.15, -0.1) is 5.10 Å². The van der Waals surface area contributed by atoms with Gasteiger partial charge in [0.15, 0.2) is 0 Å². The molecule has 3 heterocycles. The number of rotatable bonds is 3. The van der Waals surface area contributed by atoms with E-state index < -0.39 is 5.60 Å². The maximum absolute atomic E-state index is 10.6. The smallest absolute Gasteiger partial charge is 0.146 e. The van der Waals surface area contributed by atoms with Gasteiger partial charge in [0.05, 0.1) is 23.8 Å². The molecule has 0 bridgehead atoms. The van der Waals surface area contributed by atoms with Crippen LogP contribution in [0.4, 0.5) is 5.82 Å². The Hall–Kier alpha value is -1.54. The third-order valence-electron chi connectivity index (χ3n) is 3.21. The molecule has 3 rings (SSSR count). The molecule has 0 radical (unpaired) electrons. The molecular weight excluding hydrogens is 312 g/mol. The van der Waals surface area contributed by atoms with Gasteiger partial charge in [-0.05, 0) is 22.4 Å². The summed E-state index contributed by atoms with van der Waals surface area (Å²) in [5.74, 6) is 0.810. The zero-order chi connectivity index (χ0) is 13.3. The number of hydrogen-bond acceptors (Lipinski definition) is 6. The van der Waals surface area contributed by atoms with Crippen LogP contribution < -0.4 is 4.90 Å². The van der Waals surface area contributed by atoms with Gasteiger partial charge in [-0.1, -0.05) is 5.21 Å². The topological polar surface area (TPSA) is 80.0 Å². The van der Waals surface area contributed by atoms with Crippen LogP contribution in [0, 0.1) is 0 Å². The van der Waals surface area contributed by atoms with Crippen molar-refractivity contribution in [1.82, 2.24) is 25.0 Å². The maximum Gasteiger partial charge on any atom is 0.146 e. The molecule has 2 aromatic rings. The lowest BCUT2D eigenvalue weighted by molar-refractivity contribution is 0.0408. The van der Waals surface area contributed by atoms with Crippen molar-refractivity contribution < 1.29 is 5.11 Å². The molecule has 0 saturated carbocycles. The zero-order valence-corrected chi connectivity index (χ0v) is 11.7. The predicted molar refractivity (Wildman–Crippen MR) is 71.5 cm³/mol. The first-order chi connectivity index (χ1) is 9.16. The van der Waals surface area contributed by atoms with E-state index in [9.17, 15) is 5.11 Å². The van der Waals surface area contributed by atoms with Crippen molar-refractivity contribution >= 4 is 21.7 Å². The number of nitrogens with zero attached hydrogens (tertiary/aromatic N) is 6. The molecule has 1 unspecified atom stereocenters. The number of hydrogen-bond donors (Lipinski definition) is 1. The van der Waals surface area contributed by atoms with E-state index >= 15 is 0 Å². The summed E-state index contributed by atoms with van der Waals surface area (Å²) in [5, 5.41) is 18.2. The summed E-state index contributed by atoms with van der Waals surface area (Å²) in [6.07, 6.45) is 7.24. The summed E-state index contributed by atoms with van der Waals surface area (Å²) < 4.78 is 2.48. The van der Waals surface area contributed by atoms with Crippen LogP contribution in [-0.2, 0) is 6.54 Å². The van der Waals surface area contributed by atoms with Gasteiger partial charge < -0.3 is 10.0 Å². The van der Waals surface area contributed by atoms with E-state index in [2.05, 4.69) is 36.2 Å². The molecule has 1 atom stereocenters. The molecule has 19 heavy (non-hydrogen) atoms. The van der Waals surface area contributed by atoms with E-state index in [0.717, 1.165) is 16.8 Å². The fraction of sp³-hybridized carbons (Fsp3) is 0.455. The molecule has 7 nitrogen and oxygen atoms in total. The largest absolute Gasteiger partial charge is 0.386 e. The van der Waals surface area contributed by atoms with E-state index in [4.69, 9.17) is 0 Å². The third-order valence-corrected chi connectivity index (χ3v) is 3.77. The number of β-amino-alcohol motifs (C(OH)–C–C–N with tert-alkyl or cyclic N) is 1. The molecule has 1 aliphatic rings. The van der Waals surface area contributed by atoms with Crippen molar-refractivity contribution in [1.29, 1.82) is 0 Å². The SMILES string of the molecule is OC1(Cn2ccnn2)CCN(c2ncncc2Br)C1. The first-order valence-electron chi connectivity index (χ1n) is 5.93. The molecule has 2 aromatic heterocycles. The fourth-order valence-electron chi connectivity index (χ4n) is 2.32. The van der Waals surface area contributed by atoms with Gasteiger partial charge in [0.25, 0.3) is 0 Å². The zero-order valence-electron chi connectivity index (χ0n) is 10.1. The quantitative estimate of drug-likeness (QED) is 0.884. The lowest BCUT2D eigenvalue weighted by Crippen LogP contribution is -2.38. The van der Waals surface area contributed by atoms with E-state index in [1.54, 1.807) is 23.3 Å². The van der Waals surface area contributed by atoms with Gasteiger partial charge in [-0.3, -0.25) is 0 Å². The Kier molecular flexibility index (Phi) is 3.19. The minimum Gasteiger partial charge on any atom is -0.386 e. The highest BCUT2D eigenvalue weighted by Gasteiger charge is 2.37. The van der Waals surface area contributed by atoms with Crippen LogP contribution in [0.1, 0.15) is 6.42 Å². The highest BCUT2D eigenvalue weighted by atomic mass is 79.9. The monoisotopic (exact) mass is 324 g/mol. The van der Waals surface area contributed by atoms with Gasteiger partial charge >= 0.3 is 0 Å². The summed E-state index contributed by atoms with van der Waals surface area (Å²) in [6.45, 7) is 1.70. The van der Waals surface area contributed by atoms with E-state index in [0.29, 0.717) is 19.5 Å². The summed E-state index contributed by atoms with van der Waals surface area (Å²) in [7, 11) is 0. The Morgan fingerprint density at radius 1 is 1.47 bits per heavy atom. The Morgan fingerprint density at radius 2 is 2.37 bits per heavy atom. The third kappa shape index (κ3) is 2.59. The number of aromatic nitrogens is 5. The summed E-state index contributed by atoms with van der Waals surface area (Å²) >= 11 is 3.43. The van der Waals surface area contributed by atoms with Gasteiger partial charge in [0.1, 0.15) is 17.7 Å². The standard InChI is InChI=1S/C11H13BrN6O/c12-9-5-13-8-14-10(9)17-3-1-11(19,6-17)7-18-4-2-15-16-18/h2,4-5,8,19H,1,3,6-7H2. The first kappa shape index (κ1) is 12.5. The van der Waals surface area contributed by atoms with Crippen LogP contribution >= 0.6 is 15.9 Å². The van der Waals surface area contributed by atoms with Crippen molar-refractivity contribution in [2.45, 2.75) is 18.6 Å². The molecule has 1 aliphatic heterocycles. The normalized spacial score (nSPS) is 22.9. The summed E-state index contributed by atoms with van der Waals surface area (Å²) in [5.41, 5.74) is -0.807. The lowest BCUT2D eigenvalue weighted by atomic mass is 10.0. The lowest BCUT2D eigenvalue weighted by Gasteiger charge is -2.23. The van der Waals surface area contributed by atoms with Crippen molar-refractivity contribution in [3.63, 3.8) is 0 Å². The van der Waals surface area contributed by atoms with Gasteiger partial charge in [0, 0.05) is 18.9 Å². The Labute approximate surface area is 118 Å². The number of anilines is 1. The maximum atomic E-state index is 10.6. The molecule has 100 valence electrons. The van der Waals surface area contributed by atoms with Crippen LogP contribution in [0.5, 0.6) is 0 Å². The van der Waals surface area contributed by atoms with Crippen LogP contribution in [0.3, 0.4) is 0 Å². The second-order valence-corrected chi connectivity index (χ2v) is 5.55. The van der Waals surface area contributed by atoms with Gasteiger partial charge in [-0.2, -0.15) is 0 Å². The second kappa shape index (κ2) is 4.86. The molecule has 0 amide bonds. The van der Waals surface area contributed by atoms with Crippen LogP contribution in [0.25, 0.3) is 0 Å². The van der Waals surface area contributed by atoms with E-state index in [1.807, 2.05) is 4.90 Å². The molecule has 0 spiro atoms. The van der Waals surface area contributed by atoms with Gasteiger partial charge in [0.2, 0.25) is 0 Å². The van der Waals surface area contributed by atoms with Crippen LogP contribution in [-0.4, -0.2) is 48.8 Å². The molecule has 8 heteroatoms. The molecule has 0 aliphatic carbocycles. The molecule has 1 saturated heterocycles. The number of halogens is 1. The molecular formula is C11H13BrN6O. The molecule has 1 N–H and O–H groups in total. The van der Waals surface area contributed by atoms with Crippen molar-refractivity contribution in [2.75, 3.05) is 18.0 Å².